The van der Waals surface area contributed by atoms with Crippen molar-refractivity contribution in [3.63, 3.8) is 0 Å². The second-order valence-corrected chi connectivity index (χ2v) is 20.5. The molecule has 7 aromatic carbocycles. The molecule has 0 amide bonds. The normalized spacial score (nSPS) is 11.9. The van der Waals surface area contributed by atoms with Crippen LogP contribution in [0.2, 0.25) is 13.1 Å². The van der Waals surface area contributed by atoms with Crippen molar-refractivity contribution < 1.29 is 0 Å². The van der Waals surface area contributed by atoms with Gasteiger partial charge in [0.2, 0.25) is 0 Å². The van der Waals surface area contributed by atoms with Gasteiger partial charge < -0.3 is 0 Å². The Bertz CT molecular complexity index is 3060. The SMILES string of the molecule is CC(C)n1[cH+]n(-c2cccc([Si](C)(C)c3ccc4c5ccccc5n(-c5cc(-c6c(-c7ccccc7)cccc6-c6ccccc6)ccn5)c4c3)c2)c2ccccc21. The molecule has 0 spiro atoms. The molecular weight excluding hydrogens is 721 g/mol. The molecule has 10 rings (SSSR count). The maximum atomic E-state index is 5.12. The van der Waals surface area contributed by atoms with Gasteiger partial charge in [0, 0.05) is 41.2 Å². The molecule has 0 saturated heterocycles. The third kappa shape index (κ3) is 5.98. The number of fused-ring (bicyclic) bond motifs is 4. The summed E-state index contributed by atoms with van der Waals surface area (Å²) in [4.78, 5) is 5.12. The molecule has 0 radical (unpaired) electrons. The van der Waals surface area contributed by atoms with Crippen molar-refractivity contribution in [2.24, 2.45) is 0 Å². The van der Waals surface area contributed by atoms with Crippen LogP contribution in [0.1, 0.15) is 19.9 Å². The van der Waals surface area contributed by atoms with Crippen LogP contribution in [-0.4, -0.2) is 26.8 Å². The van der Waals surface area contributed by atoms with Crippen molar-refractivity contribution in [1.82, 2.24) is 18.7 Å². The van der Waals surface area contributed by atoms with Crippen molar-refractivity contribution in [3.05, 3.63) is 195 Å². The number of hydrogen-bond acceptors (Lipinski definition) is 1. The zero-order valence-corrected chi connectivity index (χ0v) is 34.3. The molecule has 0 unspecified atom stereocenters. The number of nitrogens with zero attached hydrogens (tertiary/aromatic N) is 4. The molecule has 3 heterocycles. The van der Waals surface area contributed by atoms with E-state index in [1.807, 2.05) is 6.20 Å². The predicted molar refractivity (Wildman–Crippen MR) is 248 cm³/mol. The molecule has 0 aliphatic rings. The van der Waals surface area contributed by atoms with Gasteiger partial charge in [-0.2, -0.15) is 4.57 Å². The molecule has 0 saturated carbocycles. The lowest BCUT2D eigenvalue weighted by molar-refractivity contribution is 0.612. The van der Waals surface area contributed by atoms with E-state index in [4.69, 9.17) is 4.98 Å². The molecule has 0 atom stereocenters. The summed E-state index contributed by atoms with van der Waals surface area (Å²) < 4.78 is 7.09. The summed E-state index contributed by atoms with van der Waals surface area (Å²) in [6.07, 6.45) is 4.24. The van der Waals surface area contributed by atoms with Crippen LogP contribution in [0.3, 0.4) is 0 Å². The lowest BCUT2D eigenvalue weighted by Crippen LogP contribution is -2.52. The minimum Gasteiger partial charge on any atom is -0.294 e. The fraction of sp³-hybridized carbons (Fsp3) is 0.0943. The number of benzene rings is 7. The third-order valence-electron chi connectivity index (χ3n) is 12.0. The summed E-state index contributed by atoms with van der Waals surface area (Å²) in [6.45, 7) is 9.45. The maximum Gasteiger partial charge on any atom is 0.191 e. The first-order chi connectivity index (χ1) is 28.4. The van der Waals surface area contributed by atoms with E-state index < -0.39 is 8.07 Å². The summed E-state index contributed by atoms with van der Waals surface area (Å²) >= 11 is 0. The average Bonchev–Trinajstić information content (AvgIpc) is 3.83. The highest BCUT2D eigenvalue weighted by molar-refractivity contribution is 7.00. The van der Waals surface area contributed by atoms with Crippen LogP contribution in [0.25, 0.3) is 77.7 Å². The number of imidazole rings is 1. The lowest BCUT2D eigenvalue weighted by atomic mass is 9.88. The fourth-order valence-corrected chi connectivity index (χ4v) is 11.2. The molecule has 0 bridgehead atoms. The average molecular weight is 766 g/mol. The third-order valence-corrected chi connectivity index (χ3v) is 15.5. The highest BCUT2D eigenvalue weighted by Crippen LogP contribution is 2.41. The van der Waals surface area contributed by atoms with Gasteiger partial charge in [-0.15, -0.1) is 0 Å². The monoisotopic (exact) mass is 765 g/mol. The molecular formula is C53H45N4Si+. The van der Waals surface area contributed by atoms with Gasteiger partial charge in [-0.1, -0.05) is 140 Å². The van der Waals surface area contributed by atoms with Gasteiger partial charge >= 0.3 is 0 Å². The highest BCUT2D eigenvalue weighted by atomic mass is 28.3. The minimum atomic E-state index is -2.20. The molecule has 0 N–H and O–H groups in total. The quantitative estimate of drug-likeness (QED) is 0.112. The molecule has 5 heteroatoms. The number of hydrogen-bond donors (Lipinski definition) is 0. The lowest BCUT2D eigenvalue weighted by Gasteiger charge is -2.24. The van der Waals surface area contributed by atoms with Gasteiger partial charge in [0.05, 0.1) is 17.1 Å². The zero-order chi connectivity index (χ0) is 39.4. The first kappa shape index (κ1) is 35.6. The van der Waals surface area contributed by atoms with Crippen molar-refractivity contribution >= 4 is 51.3 Å². The maximum absolute atomic E-state index is 5.12. The van der Waals surface area contributed by atoms with E-state index >= 15 is 0 Å². The van der Waals surface area contributed by atoms with Gasteiger partial charge in [0.15, 0.2) is 17.4 Å². The smallest absolute Gasteiger partial charge is 0.191 e. The number of aromatic nitrogens is 4. The topological polar surface area (TPSA) is 27.7 Å². The predicted octanol–water partition coefficient (Wildman–Crippen LogP) is 12.6. The van der Waals surface area contributed by atoms with E-state index in [1.54, 1.807) is 0 Å². The summed E-state index contributed by atoms with van der Waals surface area (Å²) in [5, 5.41) is 5.24. The van der Waals surface area contributed by atoms with Crippen LogP contribution < -0.4 is 10.4 Å². The van der Waals surface area contributed by atoms with Crippen molar-refractivity contribution in [2.75, 3.05) is 0 Å². The van der Waals surface area contributed by atoms with Crippen molar-refractivity contribution in [3.8, 4) is 44.9 Å². The highest BCUT2D eigenvalue weighted by Gasteiger charge is 2.29. The van der Waals surface area contributed by atoms with E-state index in [-0.39, 0.29) is 0 Å². The Labute approximate surface area is 341 Å². The first-order valence-electron chi connectivity index (χ1n) is 20.2. The first-order valence-corrected chi connectivity index (χ1v) is 23.2. The Morgan fingerprint density at radius 2 is 1.10 bits per heavy atom. The van der Waals surface area contributed by atoms with Crippen molar-refractivity contribution in [2.45, 2.75) is 33.0 Å². The fourth-order valence-electron chi connectivity index (χ4n) is 8.85. The molecule has 0 fully saturated rings. The van der Waals surface area contributed by atoms with Gasteiger partial charge in [-0.05, 0) is 88.8 Å². The second kappa shape index (κ2) is 14.3. The standard InChI is InChI=1S/C53H45N4Si/c1-37(2)55-36-56(50-28-14-13-27-49(50)55)41-21-15-22-42(34-41)58(3,4)43-29-30-47-46-23-11-12-26-48(46)57(51(47)35-43)52-33-40(31-32-54-52)53-44(38-17-7-5-8-18-38)24-16-25-45(53)39-19-9-6-10-20-39/h5-37H,1-4H3/q+1. The molecule has 58 heavy (non-hydrogen) atoms. The number of para-hydroxylation sites is 3. The van der Waals surface area contributed by atoms with Crippen LogP contribution in [0.4, 0.5) is 0 Å². The van der Waals surface area contributed by atoms with Gasteiger partial charge in [-0.3, -0.25) is 4.57 Å². The van der Waals surface area contributed by atoms with Gasteiger partial charge in [0.1, 0.15) is 19.6 Å². The summed E-state index contributed by atoms with van der Waals surface area (Å²) in [5.74, 6) is 0.905. The molecule has 0 aliphatic carbocycles. The molecule has 0 aliphatic heterocycles. The van der Waals surface area contributed by atoms with Crippen LogP contribution in [0.15, 0.2) is 195 Å². The van der Waals surface area contributed by atoms with E-state index in [1.165, 1.54) is 71.2 Å². The van der Waals surface area contributed by atoms with Gasteiger partial charge in [-0.25, -0.2) is 9.55 Å². The summed E-state index contributed by atoms with van der Waals surface area (Å²) in [7, 11) is -2.20. The van der Waals surface area contributed by atoms with Crippen LogP contribution >= 0.6 is 0 Å². The van der Waals surface area contributed by atoms with E-state index in [0.29, 0.717) is 6.04 Å². The van der Waals surface area contributed by atoms with Crippen molar-refractivity contribution in [1.29, 1.82) is 0 Å². The largest absolute Gasteiger partial charge is 0.294 e. The summed E-state index contributed by atoms with van der Waals surface area (Å²) in [6, 6.07) is 66.8. The van der Waals surface area contributed by atoms with Crippen LogP contribution in [0, 0.1) is 0 Å². The summed E-state index contributed by atoms with van der Waals surface area (Å²) in [5.41, 5.74) is 13.1. The Morgan fingerprint density at radius 1 is 0.500 bits per heavy atom. The zero-order valence-electron chi connectivity index (χ0n) is 33.3. The van der Waals surface area contributed by atoms with E-state index in [9.17, 15) is 0 Å². The second-order valence-electron chi connectivity index (χ2n) is 16.1. The number of pyridine rings is 1. The van der Waals surface area contributed by atoms with Crippen LogP contribution in [-0.2, 0) is 0 Å². The Kier molecular flexibility index (Phi) is 8.76. The van der Waals surface area contributed by atoms with Crippen LogP contribution in [0.5, 0.6) is 0 Å². The Hall–Kier alpha value is -6.82. The molecule has 3 aromatic heterocycles. The molecule has 4 nitrogen and oxygen atoms in total. The molecule has 280 valence electrons. The minimum absolute atomic E-state index is 0.360. The van der Waals surface area contributed by atoms with E-state index in [2.05, 4.69) is 229 Å². The Balaban J connectivity index is 1.13. The Morgan fingerprint density at radius 3 is 1.81 bits per heavy atom. The van der Waals surface area contributed by atoms with Gasteiger partial charge in [0.25, 0.3) is 0 Å². The molecule has 10 aromatic rings. The van der Waals surface area contributed by atoms with E-state index in [0.717, 1.165) is 16.9 Å². The number of rotatable bonds is 8.